The predicted octanol–water partition coefficient (Wildman–Crippen LogP) is -3.05. The molecule has 0 aliphatic carbocycles. The first-order valence-corrected chi connectivity index (χ1v) is 5.09. The summed E-state index contributed by atoms with van der Waals surface area (Å²) in [5, 5.41) is 8.64. The monoisotopic (exact) mass is 217 g/mol. The minimum atomic E-state index is -0.111. The van der Waals surface area contributed by atoms with E-state index in [1.807, 2.05) is 33.7 Å². The molecule has 0 atom stereocenters. The summed E-state index contributed by atoms with van der Waals surface area (Å²) in [7, 11) is 8.00. The lowest BCUT2D eigenvalue weighted by atomic mass is 10.0. The number of carbonyl (C=O) groups excluding carboxylic acids is 1. The Bertz CT molecular complexity index is 217. The van der Waals surface area contributed by atoms with E-state index in [1.165, 1.54) is 9.80 Å². The first-order chi connectivity index (χ1) is 6.88. The highest BCUT2D eigenvalue weighted by Gasteiger charge is 2.26. The molecule has 0 bridgehead atoms. The number of carbonyl (C=O) groups is 1. The average Bonchev–Trinajstić information content (AvgIpc) is 2.13. The SMILES string of the molecule is C=C(NO)C(=O)C(C[NH+](C)C)C[NH+](C)C. The van der Waals surface area contributed by atoms with E-state index >= 15 is 0 Å². The van der Waals surface area contributed by atoms with Crippen LogP contribution in [-0.4, -0.2) is 52.3 Å². The fourth-order valence-electron chi connectivity index (χ4n) is 1.54. The van der Waals surface area contributed by atoms with Gasteiger partial charge in [0.1, 0.15) is 5.92 Å². The molecule has 0 aromatic heterocycles. The van der Waals surface area contributed by atoms with Gasteiger partial charge in [-0.1, -0.05) is 6.58 Å². The van der Waals surface area contributed by atoms with E-state index in [9.17, 15) is 4.79 Å². The molecule has 4 N–H and O–H groups in total. The second-order valence-electron chi connectivity index (χ2n) is 4.47. The van der Waals surface area contributed by atoms with Gasteiger partial charge in [0, 0.05) is 0 Å². The second kappa shape index (κ2) is 6.55. The van der Waals surface area contributed by atoms with E-state index in [4.69, 9.17) is 5.21 Å². The third kappa shape index (κ3) is 5.51. The van der Waals surface area contributed by atoms with Crippen LogP contribution in [0.1, 0.15) is 0 Å². The van der Waals surface area contributed by atoms with Crippen LogP contribution in [0.25, 0.3) is 0 Å². The van der Waals surface area contributed by atoms with Gasteiger partial charge in [0.25, 0.3) is 0 Å². The van der Waals surface area contributed by atoms with Gasteiger partial charge in [0.05, 0.1) is 47.0 Å². The Labute approximate surface area is 91.3 Å². The number of hydroxylamine groups is 1. The largest absolute Gasteiger partial charge is 0.339 e. The van der Waals surface area contributed by atoms with Crippen molar-refractivity contribution in [2.45, 2.75) is 0 Å². The van der Waals surface area contributed by atoms with Crippen LogP contribution in [0.5, 0.6) is 0 Å². The van der Waals surface area contributed by atoms with Crippen LogP contribution in [0.3, 0.4) is 0 Å². The lowest BCUT2D eigenvalue weighted by molar-refractivity contribution is -0.883. The highest BCUT2D eigenvalue weighted by Crippen LogP contribution is 1.98. The molecule has 0 fully saturated rings. The van der Waals surface area contributed by atoms with E-state index in [0.717, 1.165) is 13.1 Å². The maximum atomic E-state index is 11.8. The van der Waals surface area contributed by atoms with Gasteiger partial charge in [-0.05, 0) is 0 Å². The molecule has 0 radical (unpaired) electrons. The molecule has 88 valence electrons. The number of hydrogen-bond donors (Lipinski definition) is 4. The predicted molar refractivity (Wildman–Crippen MR) is 57.9 cm³/mol. The van der Waals surface area contributed by atoms with E-state index in [-0.39, 0.29) is 17.4 Å². The molecule has 0 spiro atoms. The normalized spacial score (nSPS) is 11.2. The zero-order valence-electron chi connectivity index (χ0n) is 10.1. The summed E-state index contributed by atoms with van der Waals surface area (Å²) in [5.41, 5.74) is 1.90. The number of quaternary nitrogens is 2. The van der Waals surface area contributed by atoms with Crippen LogP contribution in [0.2, 0.25) is 0 Å². The number of Topliss-reactive ketones (excluding diaryl/α,β-unsaturated/α-hetero) is 1. The van der Waals surface area contributed by atoms with Gasteiger partial charge in [-0.15, -0.1) is 0 Å². The number of nitrogens with one attached hydrogen (secondary N) is 3. The molecule has 0 heterocycles. The van der Waals surface area contributed by atoms with Crippen molar-refractivity contribution in [2.24, 2.45) is 5.92 Å². The molecule has 0 amide bonds. The van der Waals surface area contributed by atoms with Crippen molar-refractivity contribution in [3.8, 4) is 0 Å². The summed E-state index contributed by atoms with van der Waals surface area (Å²) in [5.74, 6) is -0.216. The summed E-state index contributed by atoms with van der Waals surface area (Å²) < 4.78 is 0. The molecule has 0 rings (SSSR count). The lowest BCUT2D eigenvalue weighted by Gasteiger charge is -2.19. The molecule has 0 saturated heterocycles. The Morgan fingerprint density at radius 3 is 1.93 bits per heavy atom. The third-order valence-corrected chi connectivity index (χ3v) is 2.11. The average molecular weight is 217 g/mol. The lowest BCUT2D eigenvalue weighted by Crippen LogP contribution is -3.10. The number of ketones is 1. The van der Waals surface area contributed by atoms with Crippen molar-refractivity contribution in [1.29, 1.82) is 0 Å². The minimum Gasteiger partial charge on any atom is -0.339 e. The fraction of sp³-hybridized carbons (Fsp3) is 0.700. The molecule has 0 aromatic rings. The summed E-state index contributed by atoms with van der Waals surface area (Å²) in [4.78, 5) is 14.2. The van der Waals surface area contributed by atoms with Crippen LogP contribution in [0.4, 0.5) is 0 Å². The Morgan fingerprint density at radius 1 is 1.27 bits per heavy atom. The van der Waals surface area contributed by atoms with Gasteiger partial charge < -0.3 is 9.80 Å². The van der Waals surface area contributed by atoms with Gasteiger partial charge in [-0.25, -0.2) is 0 Å². The Morgan fingerprint density at radius 2 is 1.67 bits per heavy atom. The number of rotatable bonds is 7. The highest BCUT2D eigenvalue weighted by atomic mass is 16.5. The van der Waals surface area contributed by atoms with E-state index in [1.54, 1.807) is 0 Å². The Kier molecular flexibility index (Phi) is 6.15. The molecule has 0 aliphatic heterocycles. The summed E-state index contributed by atoms with van der Waals surface area (Å²) in [6.07, 6.45) is 0. The van der Waals surface area contributed by atoms with Crippen LogP contribution >= 0.6 is 0 Å². The topological polar surface area (TPSA) is 58.2 Å². The van der Waals surface area contributed by atoms with Crippen LogP contribution in [-0.2, 0) is 4.79 Å². The van der Waals surface area contributed by atoms with Gasteiger partial charge >= 0.3 is 0 Å². The molecule has 0 aliphatic rings. The Hall–Kier alpha value is -0.910. The van der Waals surface area contributed by atoms with Crippen molar-refractivity contribution in [3.05, 3.63) is 12.3 Å². The standard InChI is InChI=1S/C10H21N3O2/c1-8(11-15)10(14)9(6-12(2)3)7-13(4)5/h9,11,15H,1,6-7H2,2-5H3/p+2. The summed E-state index contributed by atoms with van der Waals surface area (Å²) in [6.45, 7) is 4.96. The number of hydrogen-bond acceptors (Lipinski definition) is 3. The van der Waals surface area contributed by atoms with E-state index in [0.29, 0.717) is 0 Å². The van der Waals surface area contributed by atoms with E-state index in [2.05, 4.69) is 6.58 Å². The van der Waals surface area contributed by atoms with Crippen molar-refractivity contribution in [1.82, 2.24) is 5.48 Å². The third-order valence-electron chi connectivity index (χ3n) is 2.11. The van der Waals surface area contributed by atoms with Gasteiger partial charge in [-0.2, -0.15) is 0 Å². The summed E-state index contributed by atoms with van der Waals surface area (Å²) >= 11 is 0. The summed E-state index contributed by atoms with van der Waals surface area (Å²) in [6, 6.07) is 0. The van der Waals surface area contributed by atoms with Gasteiger partial charge in [0.15, 0.2) is 5.78 Å². The molecule has 15 heavy (non-hydrogen) atoms. The molecule has 5 nitrogen and oxygen atoms in total. The Balaban J connectivity index is 4.47. The molecule has 0 saturated carbocycles. The maximum absolute atomic E-state index is 11.8. The molecule has 5 heteroatoms. The van der Waals surface area contributed by atoms with Crippen LogP contribution in [0, 0.1) is 5.92 Å². The van der Waals surface area contributed by atoms with Crippen LogP contribution in [0.15, 0.2) is 12.3 Å². The first-order valence-electron chi connectivity index (χ1n) is 5.09. The van der Waals surface area contributed by atoms with Crippen molar-refractivity contribution >= 4 is 5.78 Å². The molecule has 0 aromatic carbocycles. The van der Waals surface area contributed by atoms with Crippen LogP contribution < -0.4 is 15.3 Å². The molecule has 0 unspecified atom stereocenters. The second-order valence-corrected chi connectivity index (χ2v) is 4.47. The van der Waals surface area contributed by atoms with Gasteiger partial charge in [-0.3, -0.25) is 15.5 Å². The zero-order chi connectivity index (χ0) is 12.0. The maximum Gasteiger partial charge on any atom is 0.194 e. The minimum absolute atomic E-state index is 0.0718. The van der Waals surface area contributed by atoms with Crippen molar-refractivity contribution in [2.75, 3.05) is 41.3 Å². The van der Waals surface area contributed by atoms with Crippen molar-refractivity contribution in [3.63, 3.8) is 0 Å². The zero-order valence-corrected chi connectivity index (χ0v) is 10.1. The molecular formula is C10H23N3O2+2. The fourth-order valence-corrected chi connectivity index (χ4v) is 1.54. The van der Waals surface area contributed by atoms with Gasteiger partial charge in [0.2, 0.25) is 0 Å². The quantitative estimate of drug-likeness (QED) is 0.271. The smallest absolute Gasteiger partial charge is 0.194 e. The highest BCUT2D eigenvalue weighted by molar-refractivity contribution is 5.95. The van der Waals surface area contributed by atoms with E-state index < -0.39 is 0 Å². The first kappa shape index (κ1) is 14.1. The molecular weight excluding hydrogens is 194 g/mol. The number of allylic oxidation sites excluding steroid dienone is 1. The van der Waals surface area contributed by atoms with Crippen molar-refractivity contribution < 1.29 is 19.8 Å².